The zero-order chi connectivity index (χ0) is 16.4. The summed E-state index contributed by atoms with van der Waals surface area (Å²) in [5.41, 5.74) is -1.79. The van der Waals surface area contributed by atoms with E-state index in [0.717, 1.165) is 0 Å². The summed E-state index contributed by atoms with van der Waals surface area (Å²) < 4.78 is 0. The van der Waals surface area contributed by atoms with Gasteiger partial charge < -0.3 is 15.7 Å². The maximum atomic E-state index is 11.9. The first-order chi connectivity index (χ1) is 8.72. The topological polar surface area (TPSA) is 78.4 Å². The van der Waals surface area contributed by atoms with E-state index in [4.69, 9.17) is 0 Å². The van der Waals surface area contributed by atoms with Crippen LogP contribution >= 0.6 is 0 Å². The second kappa shape index (κ2) is 6.02. The standard InChI is InChI=1S/C15H30N2O3/c1-10(13(2,3)4)9-16-12(20)17-15(7,8)14(5,6)11(18)19/h10H,9H2,1-8H3,(H,18,19)(H2,16,17,20). The number of carbonyl (C=O) groups excluding carboxylic acids is 1. The molecule has 5 nitrogen and oxygen atoms in total. The van der Waals surface area contributed by atoms with Gasteiger partial charge in [-0.3, -0.25) is 4.79 Å². The number of nitrogens with one attached hydrogen (secondary N) is 2. The van der Waals surface area contributed by atoms with E-state index in [0.29, 0.717) is 12.5 Å². The molecule has 1 unspecified atom stereocenters. The van der Waals surface area contributed by atoms with Gasteiger partial charge in [0.15, 0.2) is 0 Å². The largest absolute Gasteiger partial charge is 0.481 e. The lowest BCUT2D eigenvalue weighted by Gasteiger charge is -2.39. The summed E-state index contributed by atoms with van der Waals surface area (Å²) in [5.74, 6) is -0.616. The molecule has 0 bridgehead atoms. The first kappa shape index (κ1) is 18.7. The molecule has 0 aliphatic rings. The lowest BCUT2D eigenvalue weighted by Crippen LogP contribution is -2.59. The molecule has 0 aromatic heterocycles. The maximum Gasteiger partial charge on any atom is 0.315 e. The van der Waals surface area contributed by atoms with E-state index in [-0.39, 0.29) is 11.4 Å². The molecule has 118 valence electrons. The predicted octanol–water partition coefficient (Wildman–Crippen LogP) is 2.86. The normalized spacial score (nSPS) is 14.6. The summed E-state index contributed by atoms with van der Waals surface area (Å²) in [7, 11) is 0. The van der Waals surface area contributed by atoms with Crippen molar-refractivity contribution in [2.24, 2.45) is 16.7 Å². The summed E-state index contributed by atoms with van der Waals surface area (Å²) in [6.45, 7) is 15.6. The monoisotopic (exact) mass is 286 g/mol. The third-order valence-corrected chi connectivity index (χ3v) is 4.57. The zero-order valence-corrected chi connectivity index (χ0v) is 14.0. The summed E-state index contributed by atoms with van der Waals surface area (Å²) in [6, 6.07) is -0.333. The number of aliphatic carboxylic acids is 1. The average Bonchev–Trinajstić information content (AvgIpc) is 2.23. The zero-order valence-electron chi connectivity index (χ0n) is 14.0. The van der Waals surface area contributed by atoms with E-state index in [2.05, 4.69) is 38.3 Å². The molecular formula is C15H30N2O3. The van der Waals surface area contributed by atoms with Crippen LogP contribution in [0.15, 0.2) is 0 Å². The Balaban J connectivity index is 4.59. The molecule has 1 atom stereocenters. The Hall–Kier alpha value is -1.26. The minimum Gasteiger partial charge on any atom is -0.481 e. The maximum absolute atomic E-state index is 11.9. The van der Waals surface area contributed by atoms with Crippen molar-refractivity contribution in [3.05, 3.63) is 0 Å². The molecule has 20 heavy (non-hydrogen) atoms. The van der Waals surface area contributed by atoms with Gasteiger partial charge in [0, 0.05) is 6.54 Å². The molecule has 5 heteroatoms. The highest BCUT2D eigenvalue weighted by Crippen LogP contribution is 2.30. The van der Waals surface area contributed by atoms with Crippen molar-refractivity contribution >= 4 is 12.0 Å². The summed E-state index contributed by atoms with van der Waals surface area (Å²) in [6.07, 6.45) is 0. The van der Waals surface area contributed by atoms with E-state index in [1.54, 1.807) is 27.7 Å². The van der Waals surface area contributed by atoms with Crippen LogP contribution in [0, 0.1) is 16.7 Å². The van der Waals surface area contributed by atoms with Crippen LogP contribution in [0.5, 0.6) is 0 Å². The number of hydrogen-bond donors (Lipinski definition) is 3. The van der Waals surface area contributed by atoms with Gasteiger partial charge in [0.2, 0.25) is 0 Å². The molecule has 0 aliphatic heterocycles. The second-order valence-electron chi connectivity index (χ2n) is 7.66. The molecule has 0 rings (SSSR count). The van der Waals surface area contributed by atoms with Crippen molar-refractivity contribution in [3.63, 3.8) is 0 Å². The summed E-state index contributed by atoms with van der Waals surface area (Å²) in [5, 5.41) is 14.8. The van der Waals surface area contributed by atoms with Crippen molar-refractivity contribution in [3.8, 4) is 0 Å². The van der Waals surface area contributed by atoms with Crippen molar-refractivity contribution in [2.75, 3.05) is 6.54 Å². The second-order valence-corrected chi connectivity index (χ2v) is 7.66. The molecule has 0 saturated carbocycles. The Morgan fingerprint density at radius 3 is 1.85 bits per heavy atom. The molecule has 0 aromatic carbocycles. The smallest absolute Gasteiger partial charge is 0.315 e. The number of rotatable bonds is 5. The van der Waals surface area contributed by atoms with Crippen molar-refractivity contribution in [1.82, 2.24) is 10.6 Å². The van der Waals surface area contributed by atoms with Crippen LogP contribution in [0.1, 0.15) is 55.4 Å². The molecule has 3 N–H and O–H groups in total. The molecule has 0 heterocycles. The minimum atomic E-state index is -1.06. The SMILES string of the molecule is CC(CNC(=O)NC(C)(C)C(C)(C)C(=O)O)C(C)(C)C. The minimum absolute atomic E-state index is 0.114. The van der Waals surface area contributed by atoms with Gasteiger partial charge in [-0.1, -0.05) is 27.7 Å². The molecule has 0 aliphatic carbocycles. The van der Waals surface area contributed by atoms with Crippen LogP contribution in [0.2, 0.25) is 0 Å². The van der Waals surface area contributed by atoms with Gasteiger partial charge in [-0.25, -0.2) is 4.79 Å². The van der Waals surface area contributed by atoms with Crippen LogP contribution in [0.3, 0.4) is 0 Å². The highest BCUT2D eigenvalue weighted by atomic mass is 16.4. The van der Waals surface area contributed by atoms with Crippen LogP contribution in [-0.4, -0.2) is 29.2 Å². The van der Waals surface area contributed by atoms with Gasteiger partial charge in [-0.2, -0.15) is 0 Å². The molecule has 0 fully saturated rings. The Morgan fingerprint density at radius 2 is 1.50 bits per heavy atom. The van der Waals surface area contributed by atoms with Crippen molar-refractivity contribution in [1.29, 1.82) is 0 Å². The van der Waals surface area contributed by atoms with Crippen LogP contribution in [-0.2, 0) is 4.79 Å². The van der Waals surface area contributed by atoms with E-state index >= 15 is 0 Å². The molecule has 0 aromatic rings. The number of carboxylic acid groups (broad SMARTS) is 1. The first-order valence-corrected chi connectivity index (χ1v) is 7.01. The Morgan fingerprint density at radius 1 is 1.05 bits per heavy atom. The number of carbonyl (C=O) groups is 2. The number of urea groups is 1. The first-order valence-electron chi connectivity index (χ1n) is 7.01. The third-order valence-electron chi connectivity index (χ3n) is 4.57. The van der Waals surface area contributed by atoms with Crippen molar-refractivity contribution < 1.29 is 14.7 Å². The van der Waals surface area contributed by atoms with Gasteiger partial charge >= 0.3 is 12.0 Å². The fourth-order valence-electron chi connectivity index (χ4n) is 1.30. The molecule has 0 saturated heterocycles. The lowest BCUT2D eigenvalue weighted by atomic mass is 9.74. The quantitative estimate of drug-likeness (QED) is 0.727. The van der Waals surface area contributed by atoms with Gasteiger partial charge in [0.05, 0.1) is 11.0 Å². The van der Waals surface area contributed by atoms with E-state index in [1.807, 2.05) is 0 Å². The highest BCUT2D eigenvalue weighted by molar-refractivity contribution is 5.79. The predicted molar refractivity (Wildman–Crippen MR) is 80.6 cm³/mol. The fraction of sp³-hybridized carbons (Fsp3) is 0.867. The van der Waals surface area contributed by atoms with Gasteiger partial charge in [-0.05, 0) is 39.0 Å². The van der Waals surface area contributed by atoms with Gasteiger partial charge in [0.25, 0.3) is 0 Å². The van der Waals surface area contributed by atoms with Crippen LogP contribution in [0.25, 0.3) is 0 Å². The molecule has 0 spiro atoms. The average molecular weight is 286 g/mol. The molecular weight excluding hydrogens is 256 g/mol. The van der Waals surface area contributed by atoms with E-state index in [9.17, 15) is 14.7 Å². The highest BCUT2D eigenvalue weighted by Gasteiger charge is 2.44. The van der Waals surface area contributed by atoms with E-state index in [1.165, 1.54) is 0 Å². The lowest BCUT2D eigenvalue weighted by molar-refractivity contribution is -0.150. The Kier molecular flexibility index (Phi) is 5.64. The summed E-state index contributed by atoms with van der Waals surface area (Å²) in [4.78, 5) is 23.2. The fourth-order valence-corrected chi connectivity index (χ4v) is 1.30. The van der Waals surface area contributed by atoms with Crippen molar-refractivity contribution in [2.45, 2.75) is 60.9 Å². The Bertz CT molecular complexity index is 368. The van der Waals surface area contributed by atoms with Gasteiger partial charge in [-0.15, -0.1) is 0 Å². The molecule has 0 radical (unpaired) electrons. The summed E-state index contributed by atoms with van der Waals surface area (Å²) >= 11 is 0. The number of carboxylic acids is 1. The Labute approximate surface area is 122 Å². The number of amides is 2. The molecule has 2 amide bonds. The van der Waals surface area contributed by atoms with E-state index < -0.39 is 16.9 Å². The third kappa shape index (κ3) is 4.69. The van der Waals surface area contributed by atoms with Crippen LogP contribution < -0.4 is 10.6 Å². The van der Waals surface area contributed by atoms with Crippen LogP contribution in [0.4, 0.5) is 4.79 Å². The number of hydrogen-bond acceptors (Lipinski definition) is 2. The van der Waals surface area contributed by atoms with Gasteiger partial charge in [0.1, 0.15) is 0 Å².